The standard InChI is InChI=1S/C20H21N3O2/c1-2-21-19-12-17(24)13-22-20(19)23-16-8-10-18(11-9-16)25-14-15-6-4-3-5-7-15/h3-13,21,24H,2,14H2,1H3,(H,22,23). The van der Waals surface area contributed by atoms with E-state index in [1.165, 1.54) is 6.20 Å². The van der Waals surface area contributed by atoms with Crippen LogP contribution in [0.3, 0.4) is 0 Å². The number of pyridine rings is 1. The van der Waals surface area contributed by atoms with Gasteiger partial charge in [-0.05, 0) is 36.8 Å². The minimum atomic E-state index is 0.131. The summed E-state index contributed by atoms with van der Waals surface area (Å²) < 4.78 is 5.79. The number of anilines is 3. The first-order chi connectivity index (χ1) is 12.2. The molecule has 0 aliphatic carbocycles. The molecule has 3 N–H and O–H groups in total. The second-order valence-electron chi connectivity index (χ2n) is 5.54. The van der Waals surface area contributed by atoms with Crippen LogP contribution in [0.2, 0.25) is 0 Å². The van der Waals surface area contributed by atoms with Gasteiger partial charge in [0.1, 0.15) is 18.1 Å². The molecule has 3 aromatic rings. The van der Waals surface area contributed by atoms with Crippen LogP contribution in [0.4, 0.5) is 17.2 Å². The maximum atomic E-state index is 9.57. The highest BCUT2D eigenvalue weighted by molar-refractivity contribution is 5.71. The fraction of sp³-hybridized carbons (Fsp3) is 0.150. The summed E-state index contributed by atoms with van der Waals surface area (Å²) in [5.41, 5.74) is 2.78. The highest BCUT2D eigenvalue weighted by Crippen LogP contribution is 2.27. The van der Waals surface area contributed by atoms with Crippen LogP contribution < -0.4 is 15.4 Å². The minimum absolute atomic E-state index is 0.131. The molecule has 1 heterocycles. The Labute approximate surface area is 147 Å². The van der Waals surface area contributed by atoms with Gasteiger partial charge in [-0.3, -0.25) is 0 Å². The molecular weight excluding hydrogens is 314 g/mol. The first-order valence-electron chi connectivity index (χ1n) is 8.21. The van der Waals surface area contributed by atoms with E-state index in [2.05, 4.69) is 15.6 Å². The normalized spacial score (nSPS) is 10.3. The van der Waals surface area contributed by atoms with Crippen LogP contribution in [-0.2, 0) is 6.61 Å². The smallest absolute Gasteiger partial charge is 0.154 e. The van der Waals surface area contributed by atoms with E-state index in [0.29, 0.717) is 12.4 Å². The lowest BCUT2D eigenvalue weighted by Gasteiger charge is -2.13. The van der Waals surface area contributed by atoms with Crippen molar-refractivity contribution in [2.24, 2.45) is 0 Å². The summed E-state index contributed by atoms with van der Waals surface area (Å²) in [7, 11) is 0. The van der Waals surface area contributed by atoms with Crippen molar-refractivity contribution >= 4 is 17.2 Å². The third-order valence-corrected chi connectivity index (χ3v) is 3.61. The van der Waals surface area contributed by atoms with Gasteiger partial charge in [0.15, 0.2) is 5.82 Å². The molecule has 5 heteroatoms. The maximum absolute atomic E-state index is 9.57. The van der Waals surface area contributed by atoms with Gasteiger partial charge in [0.2, 0.25) is 0 Å². The Morgan fingerprint density at radius 2 is 1.80 bits per heavy atom. The second kappa shape index (κ2) is 8.06. The fourth-order valence-electron chi connectivity index (χ4n) is 2.39. The maximum Gasteiger partial charge on any atom is 0.154 e. The molecule has 0 spiro atoms. The number of hydrogen-bond acceptors (Lipinski definition) is 5. The summed E-state index contributed by atoms with van der Waals surface area (Å²) in [6.07, 6.45) is 1.42. The fourth-order valence-corrected chi connectivity index (χ4v) is 2.39. The zero-order chi connectivity index (χ0) is 17.5. The molecular formula is C20H21N3O2. The van der Waals surface area contributed by atoms with Crippen LogP contribution in [0.15, 0.2) is 66.9 Å². The summed E-state index contributed by atoms with van der Waals surface area (Å²) in [6, 6.07) is 19.4. The molecule has 0 radical (unpaired) electrons. The third kappa shape index (κ3) is 4.64. The number of aromatic nitrogens is 1. The summed E-state index contributed by atoms with van der Waals surface area (Å²) in [4.78, 5) is 4.24. The van der Waals surface area contributed by atoms with Crippen LogP contribution in [0.1, 0.15) is 12.5 Å². The predicted molar refractivity (Wildman–Crippen MR) is 101 cm³/mol. The lowest BCUT2D eigenvalue weighted by atomic mass is 10.2. The Morgan fingerprint density at radius 1 is 1.04 bits per heavy atom. The van der Waals surface area contributed by atoms with Crippen LogP contribution in [0, 0.1) is 0 Å². The van der Waals surface area contributed by atoms with Crippen molar-refractivity contribution < 1.29 is 9.84 Å². The molecule has 0 saturated carbocycles. The van der Waals surface area contributed by atoms with Gasteiger partial charge in [0.05, 0.1) is 11.9 Å². The van der Waals surface area contributed by atoms with Crippen molar-refractivity contribution in [1.82, 2.24) is 4.98 Å². The number of benzene rings is 2. The van der Waals surface area contributed by atoms with Gasteiger partial charge in [-0.25, -0.2) is 4.98 Å². The van der Waals surface area contributed by atoms with Gasteiger partial charge in [-0.2, -0.15) is 0 Å². The number of rotatable bonds is 7. The van der Waals surface area contributed by atoms with E-state index in [0.717, 1.165) is 29.2 Å². The molecule has 2 aromatic carbocycles. The molecule has 0 saturated heterocycles. The molecule has 3 rings (SSSR count). The highest BCUT2D eigenvalue weighted by Gasteiger charge is 2.05. The van der Waals surface area contributed by atoms with Gasteiger partial charge in [0.25, 0.3) is 0 Å². The zero-order valence-electron chi connectivity index (χ0n) is 14.1. The molecule has 0 atom stereocenters. The van der Waals surface area contributed by atoms with Crippen molar-refractivity contribution in [3.05, 3.63) is 72.4 Å². The number of hydrogen-bond donors (Lipinski definition) is 3. The van der Waals surface area contributed by atoms with Crippen molar-refractivity contribution in [3.63, 3.8) is 0 Å². The lowest BCUT2D eigenvalue weighted by molar-refractivity contribution is 0.306. The van der Waals surface area contributed by atoms with Crippen LogP contribution in [-0.4, -0.2) is 16.6 Å². The molecule has 1 aromatic heterocycles. The van der Waals surface area contributed by atoms with Gasteiger partial charge < -0.3 is 20.5 Å². The van der Waals surface area contributed by atoms with Crippen molar-refractivity contribution in [3.8, 4) is 11.5 Å². The molecule has 128 valence electrons. The van der Waals surface area contributed by atoms with Gasteiger partial charge >= 0.3 is 0 Å². The van der Waals surface area contributed by atoms with Crippen LogP contribution in [0.25, 0.3) is 0 Å². The highest BCUT2D eigenvalue weighted by atomic mass is 16.5. The second-order valence-corrected chi connectivity index (χ2v) is 5.54. The summed E-state index contributed by atoms with van der Waals surface area (Å²) >= 11 is 0. The summed E-state index contributed by atoms with van der Waals surface area (Å²) in [5, 5.41) is 16.0. The largest absolute Gasteiger partial charge is 0.506 e. The minimum Gasteiger partial charge on any atom is -0.506 e. The number of aromatic hydroxyl groups is 1. The number of nitrogens with one attached hydrogen (secondary N) is 2. The van der Waals surface area contributed by atoms with Crippen LogP contribution >= 0.6 is 0 Å². The zero-order valence-corrected chi connectivity index (χ0v) is 14.1. The van der Waals surface area contributed by atoms with Crippen molar-refractivity contribution in [2.75, 3.05) is 17.2 Å². The Morgan fingerprint density at radius 3 is 2.52 bits per heavy atom. The molecule has 0 bridgehead atoms. The molecule has 0 amide bonds. The lowest BCUT2D eigenvalue weighted by Crippen LogP contribution is -2.03. The SMILES string of the molecule is CCNc1cc(O)cnc1Nc1ccc(OCc2ccccc2)cc1. The van der Waals surface area contributed by atoms with E-state index in [1.807, 2.05) is 61.5 Å². The molecule has 0 aliphatic rings. The molecule has 25 heavy (non-hydrogen) atoms. The van der Waals surface area contributed by atoms with Crippen molar-refractivity contribution in [2.45, 2.75) is 13.5 Å². The Bertz CT molecular complexity index is 805. The third-order valence-electron chi connectivity index (χ3n) is 3.61. The predicted octanol–water partition coefficient (Wildman–Crippen LogP) is 4.54. The topological polar surface area (TPSA) is 66.4 Å². The monoisotopic (exact) mass is 335 g/mol. The van der Waals surface area contributed by atoms with Crippen LogP contribution in [0.5, 0.6) is 11.5 Å². The number of nitrogens with zero attached hydrogens (tertiary/aromatic N) is 1. The molecule has 5 nitrogen and oxygen atoms in total. The Hall–Kier alpha value is -3.21. The Kier molecular flexibility index (Phi) is 5.36. The van der Waals surface area contributed by atoms with E-state index in [4.69, 9.17) is 4.74 Å². The van der Waals surface area contributed by atoms with Crippen molar-refractivity contribution in [1.29, 1.82) is 0 Å². The van der Waals surface area contributed by atoms with E-state index < -0.39 is 0 Å². The van der Waals surface area contributed by atoms with Gasteiger partial charge in [-0.1, -0.05) is 30.3 Å². The van der Waals surface area contributed by atoms with E-state index in [1.54, 1.807) is 6.07 Å². The van der Waals surface area contributed by atoms with E-state index in [-0.39, 0.29) is 5.75 Å². The van der Waals surface area contributed by atoms with Gasteiger partial charge in [0, 0.05) is 18.3 Å². The Balaban J connectivity index is 1.65. The average molecular weight is 335 g/mol. The summed E-state index contributed by atoms with van der Waals surface area (Å²) in [6.45, 7) is 3.27. The first kappa shape index (κ1) is 16.6. The molecule has 0 unspecified atom stereocenters. The van der Waals surface area contributed by atoms with Gasteiger partial charge in [-0.15, -0.1) is 0 Å². The molecule has 0 fully saturated rings. The average Bonchev–Trinajstić information content (AvgIpc) is 2.64. The van der Waals surface area contributed by atoms with E-state index >= 15 is 0 Å². The first-order valence-corrected chi connectivity index (χ1v) is 8.21. The van der Waals surface area contributed by atoms with E-state index in [9.17, 15) is 5.11 Å². The number of ether oxygens (including phenoxy) is 1. The molecule has 0 aliphatic heterocycles. The summed E-state index contributed by atoms with van der Waals surface area (Å²) in [5.74, 6) is 1.60. The quantitative estimate of drug-likeness (QED) is 0.591.